The molecule has 0 N–H and O–H groups in total. The molecule has 0 saturated carbocycles. The average molecular weight is 321 g/mol. The average Bonchev–Trinajstić information content (AvgIpc) is 2.51. The minimum Gasteiger partial charge on any atom is -0.0750 e. The van der Waals surface area contributed by atoms with E-state index in [4.69, 9.17) is 0 Å². The maximum atomic E-state index is 2.52. The van der Waals surface area contributed by atoms with Crippen LogP contribution >= 0.6 is 7.92 Å². The van der Waals surface area contributed by atoms with E-state index < -0.39 is 0 Å². The summed E-state index contributed by atoms with van der Waals surface area (Å²) in [4.78, 5) is 0. The Balaban J connectivity index is 3.32. The smallest absolute Gasteiger partial charge is 0.0206 e. The van der Waals surface area contributed by atoms with Crippen molar-refractivity contribution in [3.8, 4) is 0 Å². The first-order chi connectivity index (χ1) is 10.7. The van der Waals surface area contributed by atoms with Gasteiger partial charge in [0.2, 0.25) is 0 Å². The van der Waals surface area contributed by atoms with Crippen LogP contribution < -0.4 is 5.30 Å². The van der Waals surface area contributed by atoms with Crippen LogP contribution in [0.5, 0.6) is 0 Å². The zero-order valence-corrected chi connectivity index (χ0v) is 16.6. The third-order valence-electron chi connectivity index (χ3n) is 4.35. The highest BCUT2D eigenvalue weighted by molar-refractivity contribution is 7.65. The van der Waals surface area contributed by atoms with E-state index in [2.05, 4.69) is 46.8 Å². The molecule has 126 valence electrons. The fourth-order valence-corrected chi connectivity index (χ4v) is 6.21. The highest BCUT2D eigenvalue weighted by Gasteiger charge is 2.17. The van der Waals surface area contributed by atoms with Gasteiger partial charge < -0.3 is 0 Å². The summed E-state index contributed by atoms with van der Waals surface area (Å²) in [5.41, 5.74) is 5.12. The minimum absolute atomic E-state index is 0.0631. The lowest BCUT2D eigenvalue weighted by Crippen LogP contribution is -2.17. The second-order valence-electron chi connectivity index (χ2n) is 6.44. The van der Waals surface area contributed by atoms with Crippen molar-refractivity contribution in [2.24, 2.45) is 0 Å². The zero-order chi connectivity index (χ0) is 16.4. The lowest BCUT2D eigenvalue weighted by atomic mass is 9.92. The van der Waals surface area contributed by atoms with Gasteiger partial charge in [0.1, 0.15) is 0 Å². The molecule has 0 spiro atoms. The first-order valence-electron chi connectivity index (χ1n) is 9.61. The summed E-state index contributed by atoms with van der Waals surface area (Å²) in [6, 6.07) is 5.00. The predicted molar refractivity (Wildman–Crippen MR) is 105 cm³/mol. The highest BCUT2D eigenvalue weighted by atomic mass is 31.1. The lowest BCUT2D eigenvalue weighted by molar-refractivity contribution is 0.829. The van der Waals surface area contributed by atoms with E-state index in [1.165, 1.54) is 63.7 Å². The van der Waals surface area contributed by atoms with E-state index in [-0.39, 0.29) is 7.92 Å². The quantitative estimate of drug-likeness (QED) is 0.410. The number of hydrogen-bond donors (Lipinski definition) is 0. The molecule has 0 aliphatic heterocycles. The Hall–Kier alpha value is -0.350. The molecule has 22 heavy (non-hydrogen) atoms. The van der Waals surface area contributed by atoms with Gasteiger partial charge in [-0.1, -0.05) is 86.8 Å². The normalized spacial score (nSPS) is 11.4. The van der Waals surface area contributed by atoms with Crippen molar-refractivity contribution in [2.75, 3.05) is 12.3 Å². The molecule has 0 unspecified atom stereocenters. The van der Waals surface area contributed by atoms with Crippen molar-refractivity contribution < 1.29 is 0 Å². The molecule has 0 atom stereocenters. The van der Waals surface area contributed by atoms with Crippen LogP contribution in [0, 0.1) is 0 Å². The summed E-state index contributed by atoms with van der Waals surface area (Å²) in [5.74, 6) is 0. The summed E-state index contributed by atoms with van der Waals surface area (Å²) in [5, 5.41) is 1.75. The Kier molecular flexibility index (Phi) is 10.1. The number of aryl methyl sites for hydroxylation is 1. The van der Waals surface area contributed by atoms with Gasteiger partial charge in [0, 0.05) is 0 Å². The molecule has 0 amide bonds. The molecular weight excluding hydrogens is 283 g/mol. The van der Waals surface area contributed by atoms with Crippen LogP contribution in [0.15, 0.2) is 12.1 Å². The first-order valence-corrected chi connectivity index (χ1v) is 11.3. The molecule has 1 rings (SSSR count). The topological polar surface area (TPSA) is 0 Å². The van der Waals surface area contributed by atoms with Crippen molar-refractivity contribution in [1.82, 2.24) is 0 Å². The maximum absolute atomic E-state index is 2.52. The Morgan fingerprint density at radius 1 is 0.636 bits per heavy atom. The van der Waals surface area contributed by atoms with Crippen LogP contribution in [-0.2, 0) is 19.3 Å². The Morgan fingerprint density at radius 3 is 1.68 bits per heavy atom. The van der Waals surface area contributed by atoms with Crippen LogP contribution in [-0.4, -0.2) is 12.3 Å². The highest BCUT2D eigenvalue weighted by Crippen LogP contribution is 2.39. The molecule has 1 aromatic carbocycles. The molecule has 0 heterocycles. The van der Waals surface area contributed by atoms with Gasteiger partial charge in [-0.05, 0) is 53.6 Å². The third-order valence-corrected chi connectivity index (χ3v) is 7.43. The van der Waals surface area contributed by atoms with E-state index in [0.717, 1.165) is 0 Å². The molecular formula is C21H37P. The van der Waals surface area contributed by atoms with Gasteiger partial charge in [-0.3, -0.25) is 0 Å². The molecule has 0 fully saturated rings. The van der Waals surface area contributed by atoms with Crippen LogP contribution in [0.25, 0.3) is 0 Å². The van der Waals surface area contributed by atoms with Gasteiger partial charge in [-0.25, -0.2) is 0 Å². The largest absolute Gasteiger partial charge is 0.0750 e. The van der Waals surface area contributed by atoms with Crippen molar-refractivity contribution in [1.29, 1.82) is 0 Å². The fraction of sp³-hybridized carbons (Fsp3) is 0.714. The molecule has 0 aromatic heterocycles. The lowest BCUT2D eigenvalue weighted by Gasteiger charge is -2.25. The summed E-state index contributed by atoms with van der Waals surface area (Å²) >= 11 is 0. The summed E-state index contributed by atoms with van der Waals surface area (Å²) in [7, 11) is 0.0631. The summed E-state index contributed by atoms with van der Waals surface area (Å²) < 4.78 is 0. The van der Waals surface area contributed by atoms with Crippen molar-refractivity contribution in [3.63, 3.8) is 0 Å². The zero-order valence-electron chi connectivity index (χ0n) is 15.7. The number of rotatable bonds is 11. The van der Waals surface area contributed by atoms with Gasteiger partial charge >= 0.3 is 0 Å². The second kappa shape index (κ2) is 11.2. The third kappa shape index (κ3) is 5.38. The van der Waals surface area contributed by atoms with Crippen LogP contribution in [0.3, 0.4) is 0 Å². The Labute approximate surface area is 140 Å². The van der Waals surface area contributed by atoms with Crippen LogP contribution in [0.4, 0.5) is 0 Å². The molecule has 0 aliphatic carbocycles. The van der Waals surface area contributed by atoms with Gasteiger partial charge in [-0.15, -0.1) is 0 Å². The van der Waals surface area contributed by atoms with Gasteiger partial charge in [0.15, 0.2) is 0 Å². The molecule has 0 radical (unpaired) electrons. The molecule has 0 bridgehead atoms. The van der Waals surface area contributed by atoms with E-state index in [0.29, 0.717) is 0 Å². The van der Waals surface area contributed by atoms with E-state index >= 15 is 0 Å². The first kappa shape index (κ1) is 19.7. The second-order valence-corrected chi connectivity index (χ2v) is 8.89. The Morgan fingerprint density at radius 2 is 1.18 bits per heavy atom. The summed E-state index contributed by atoms with van der Waals surface area (Å²) in [6.07, 6.45) is 13.1. The van der Waals surface area contributed by atoms with E-state index in [9.17, 15) is 0 Å². The monoisotopic (exact) mass is 320 g/mol. The standard InChI is InChI=1S/C21H37P/c1-6-11-18-14-15-21(22(16-9-4)17-10-5)20(13-8-3)19(18)12-7-2/h14-15H,6-13,16-17H2,1-5H3. The van der Waals surface area contributed by atoms with E-state index in [1.54, 1.807) is 22.0 Å². The molecule has 0 saturated heterocycles. The predicted octanol–water partition coefficient (Wildman–Crippen LogP) is 6.47. The maximum Gasteiger partial charge on any atom is -0.0206 e. The summed E-state index contributed by atoms with van der Waals surface area (Å²) in [6.45, 7) is 11.7. The van der Waals surface area contributed by atoms with Crippen molar-refractivity contribution >= 4 is 13.2 Å². The van der Waals surface area contributed by atoms with Gasteiger partial charge in [0.25, 0.3) is 0 Å². The number of hydrogen-bond acceptors (Lipinski definition) is 0. The molecule has 0 aliphatic rings. The molecule has 1 heteroatoms. The SMILES string of the molecule is CCCc1ccc(P(CCC)CCC)c(CCC)c1CCC. The van der Waals surface area contributed by atoms with Gasteiger partial charge in [0.05, 0.1) is 0 Å². The van der Waals surface area contributed by atoms with Crippen LogP contribution in [0.1, 0.15) is 83.4 Å². The van der Waals surface area contributed by atoms with Gasteiger partial charge in [-0.2, -0.15) is 0 Å². The van der Waals surface area contributed by atoms with E-state index in [1.807, 2.05) is 0 Å². The number of benzene rings is 1. The van der Waals surface area contributed by atoms with Crippen molar-refractivity contribution in [3.05, 3.63) is 28.8 Å². The Bertz CT molecular complexity index is 416. The van der Waals surface area contributed by atoms with Crippen molar-refractivity contribution in [2.45, 2.75) is 86.0 Å². The van der Waals surface area contributed by atoms with Crippen LogP contribution in [0.2, 0.25) is 0 Å². The fourth-order valence-electron chi connectivity index (χ4n) is 3.51. The minimum atomic E-state index is 0.0631. The molecule has 0 nitrogen and oxygen atoms in total. The molecule has 1 aromatic rings.